The molecule has 12 heteroatoms. The van der Waals surface area contributed by atoms with Crippen molar-refractivity contribution in [1.82, 2.24) is 23.6 Å². The van der Waals surface area contributed by atoms with Crippen LogP contribution in [0.15, 0.2) is 45.1 Å². The van der Waals surface area contributed by atoms with Gasteiger partial charge in [-0.2, -0.15) is 5.10 Å². The maximum Gasteiger partial charge on any atom is 0.331 e. The molecule has 0 atom stereocenters. The molecule has 2 fully saturated rings. The zero-order valence-electron chi connectivity index (χ0n) is 18.2. The van der Waals surface area contributed by atoms with E-state index in [0.717, 1.165) is 17.4 Å². The molecule has 1 aliphatic heterocycles. The molecule has 5 rings (SSSR count). The number of hydrogen-bond acceptors (Lipinski definition) is 6. The summed E-state index contributed by atoms with van der Waals surface area (Å²) in [7, 11) is -2.17. The zero-order chi connectivity index (χ0) is 23.6. The fourth-order valence-electron chi connectivity index (χ4n) is 3.97. The first-order chi connectivity index (χ1) is 15.5. The summed E-state index contributed by atoms with van der Waals surface area (Å²) < 4.78 is 52.0. The highest BCUT2D eigenvalue weighted by Gasteiger charge is 2.42. The lowest BCUT2D eigenvalue weighted by Gasteiger charge is -2.34. The standard InChI is InChI=1S/C21H24FN5O5S/c1-20(5-6-20)24-33(30,31)15-3-4-17-16(7-15)18(28)26(10-14-8-23-25(2)9-14)19(29)27(17)11-21(22)12-32-13-21/h3-4,7-9,24H,5-6,10-13H2,1-2H3. The number of fused-ring (bicyclic) bond motifs is 1. The number of hydrogen-bond donors (Lipinski definition) is 1. The summed E-state index contributed by atoms with van der Waals surface area (Å²) in [6, 6.07) is 3.97. The van der Waals surface area contributed by atoms with Gasteiger partial charge in [-0.15, -0.1) is 0 Å². The lowest BCUT2D eigenvalue weighted by Crippen LogP contribution is -2.52. The molecule has 3 aromatic rings. The summed E-state index contributed by atoms with van der Waals surface area (Å²) in [6.45, 7) is 1.11. The number of nitrogens with zero attached hydrogens (tertiary/aromatic N) is 4. The lowest BCUT2D eigenvalue weighted by atomic mass is 10.0. The SMILES string of the molecule is Cn1cc(Cn2c(=O)c3cc(S(=O)(=O)NC4(C)CC4)ccc3n(CC3(F)COC3)c2=O)cn1. The maximum atomic E-state index is 14.9. The van der Waals surface area contributed by atoms with Crippen LogP contribution in [0.4, 0.5) is 4.39 Å². The van der Waals surface area contributed by atoms with Crippen LogP contribution in [0.2, 0.25) is 0 Å². The second kappa shape index (κ2) is 7.34. The van der Waals surface area contributed by atoms with Gasteiger partial charge < -0.3 is 4.74 Å². The van der Waals surface area contributed by atoms with E-state index >= 15 is 0 Å². The fourth-order valence-corrected chi connectivity index (χ4v) is 5.46. The molecule has 2 aliphatic rings. The minimum atomic E-state index is -3.88. The number of sulfonamides is 1. The van der Waals surface area contributed by atoms with Crippen molar-refractivity contribution in [3.8, 4) is 0 Å². The fraction of sp³-hybridized carbons (Fsp3) is 0.476. The Morgan fingerprint density at radius 1 is 1.21 bits per heavy atom. The average Bonchev–Trinajstić information content (AvgIpc) is 3.30. The molecule has 1 saturated heterocycles. The van der Waals surface area contributed by atoms with Crippen molar-refractivity contribution < 1.29 is 17.5 Å². The Bertz CT molecular complexity index is 1480. The topological polar surface area (TPSA) is 117 Å². The highest BCUT2D eigenvalue weighted by molar-refractivity contribution is 7.89. The Kier molecular flexibility index (Phi) is 4.89. The Hall–Kier alpha value is -2.83. The molecule has 0 amide bonds. The van der Waals surface area contributed by atoms with Crippen LogP contribution >= 0.6 is 0 Å². The summed E-state index contributed by atoms with van der Waals surface area (Å²) in [5, 5.41) is 4.07. The van der Waals surface area contributed by atoms with Gasteiger partial charge in [0, 0.05) is 24.3 Å². The van der Waals surface area contributed by atoms with Gasteiger partial charge in [-0.05, 0) is 38.0 Å². The number of benzene rings is 1. The molecule has 1 N–H and O–H groups in total. The predicted molar refractivity (Wildman–Crippen MR) is 117 cm³/mol. The number of rotatable bonds is 7. The first kappa shape index (κ1) is 22.0. The molecule has 0 radical (unpaired) electrons. The van der Waals surface area contributed by atoms with Crippen LogP contribution in [-0.4, -0.2) is 51.8 Å². The molecule has 1 aromatic carbocycles. The van der Waals surface area contributed by atoms with Gasteiger partial charge >= 0.3 is 5.69 Å². The summed E-state index contributed by atoms with van der Waals surface area (Å²) in [5.41, 5.74) is -2.77. The van der Waals surface area contributed by atoms with E-state index in [0.29, 0.717) is 5.56 Å². The van der Waals surface area contributed by atoms with Crippen LogP contribution in [0.25, 0.3) is 10.9 Å². The molecule has 10 nitrogen and oxygen atoms in total. The molecule has 176 valence electrons. The minimum Gasteiger partial charge on any atom is -0.374 e. The van der Waals surface area contributed by atoms with Gasteiger partial charge in [-0.1, -0.05) is 0 Å². The Morgan fingerprint density at radius 2 is 1.94 bits per heavy atom. The van der Waals surface area contributed by atoms with Gasteiger partial charge in [-0.3, -0.25) is 18.6 Å². The molecule has 33 heavy (non-hydrogen) atoms. The van der Waals surface area contributed by atoms with E-state index in [1.807, 2.05) is 6.92 Å². The largest absolute Gasteiger partial charge is 0.374 e. The number of ether oxygens (including phenoxy) is 1. The van der Waals surface area contributed by atoms with E-state index in [1.54, 1.807) is 13.2 Å². The van der Waals surface area contributed by atoms with E-state index in [9.17, 15) is 22.4 Å². The van der Waals surface area contributed by atoms with Crippen molar-refractivity contribution in [3.63, 3.8) is 0 Å². The number of halogens is 1. The number of aryl methyl sites for hydroxylation is 1. The Morgan fingerprint density at radius 3 is 2.52 bits per heavy atom. The molecule has 0 unspecified atom stereocenters. The maximum absolute atomic E-state index is 14.9. The quantitative estimate of drug-likeness (QED) is 0.530. The van der Waals surface area contributed by atoms with Gasteiger partial charge in [0.15, 0.2) is 5.67 Å². The van der Waals surface area contributed by atoms with Crippen LogP contribution < -0.4 is 16.0 Å². The van der Waals surface area contributed by atoms with Gasteiger partial charge in [0.25, 0.3) is 5.56 Å². The van der Waals surface area contributed by atoms with E-state index in [-0.39, 0.29) is 42.1 Å². The van der Waals surface area contributed by atoms with Crippen molar-refractivity contribution in [2.45, 2.75) is 49.0 Å². The molecule has 0 bridgehead atoms. The second-order valence-electron chi connectivity index (χ2n) is 9.27. The molecule has 1 aliphatic carbocycles. The van der Waals surface area contributed by atoms with Crippen molar-refractivity contribution in [2.75, 3.05) is 13.2 Å². The minimum absolute atomic E-state index is 0.0196. The Labute approximate surface area is 188 Å². The third-order valence-electron chi connectivity index (χ3n) is 6.15. The van der Waals surface area contributed by atoms with Crippen LogP contribution in [0.1, 0.15) is 25.3 Å². The highest BCUT2D eigenvalue weighted by atomic mass is 32.2. The van der Waals surface area contributed by atoms with Crippen LogP contribution in [-0.2, 0) is 34.9 Å². The van der Waals surface area contributed by atoms with Crippen LogP contribution in [0.5, 0.6) is 0 Å². The average molecular weight is 478 g/mol. The van der Waals surface area contributed by atoms with Gasteiger partial charge in [0.05, 0.1) is 48.3 Å². The summed E-state index contributed by atoms with van der Waals surface area (Å²) >= 11 is 0. The van der Waals surface area contributed by atoms with Crippen molar-refractivity contribution in [2.24, 2.45) is 7.05 Å². The van der Waals surface area contributed by atoms with Gasteiger partial charge in [0.1, 0.15) is 0 Å². The summed E-state index contributed by atoms with van der Waals surface area (Å²) in [4.78, 5) is 26.5. The van der Waals surface area contributed by atoms with Gasteiger partial charge in [0.2, 0.25) is 10.0 Å². The first-order valence-electron chi connectivity index (χ1n) is 10.5. The molecule has 2 aromatic heterocycles. The van der Waals surface area contributed by atoms with Crippen molar-refractivity contribution >= 4 is 20.9 Å². The zero-order valence-corrected chi connectivity index (χ0v) is 19.1. The number of nitrogens with one attached hydrogen (secondary N) is 1. The first-order valence-corrected chi connectivity index (χ1v) is 12.0. The smallest absolute Gasteiger partial charge is 0.331 e. The highest BCUT2D eigenvalue weighted by Crippen LogP contribution is 2.36. The van der Waals surface area contributed by atoms with E-state index in [1.165, 1.54) is 33.6 Å². The van der Waals surface area contributed by atoms with Crippen LogP contribution in [0, 0.1) is 0 Å². The van der Waals surface area contributed by atoms with Crippen molar-refractivity contribution in [1.29, 1.82) is 0 Å². The number of alkyl halides is 1. The lowest BCUT2D eigenvalue weighted by molar-refractivity contribution is -0.137. The van der Waals surface area contributed by atoms with Crippen LogP contribution in [0.3, 0.4) is 0 Å². The molecular formula is C21H24FN5O5S. The summed E-state index contributed by atoms with van der Waals surface area (Å²) in [5.74, 6) is 0. The van der Waals surface area contributed by atoms with E-state index in [2.05, 4.69) is 9.82 Å². The monoisotopic (exact) mass is 477 g/mol. The third-order valence-corrected chi connectivity index (χ3v) is 7.79. The van der Waals surface area contributed by atoms with E-state index in [4.69, 9.17) is 4.74 Å². The predicted octanol–water partition coefficient (Wildman–Crippen LogP) is 0.514. The van der Waals surface area contributed by atoms with Crippen molar-refractivity contribution in [3.05, 3.63) is 57.0 Å². The third kappa shape index (κ3) is 4.02. The second-order valence-corrected chi connectivity index (χ2v) is 11.0. The summed E-state index contributed by atoms with van der Waals surface area (Å²) in [6.07, 6.45) is 4.66. The molecular weight excluding hydrogens is 453 g/mol. The Balaban J connectivity index is 1.68. The number of aromatic nitrogens is 4. The molecule has 3 heterocycles. The van der Waals surface area contributed by atoms with Gasteiger partial charge in [-0.25, -0.2) is 22.3 Å². The normalized spacial score (nSPS) is 18.9. The molecule has 1 saturated carbocycles. The van der Waals surface area contributed by atoms with E-state index < -0.39 is 32.5 Å². The molecule has 0 spiro atoms.